The van der Waals surface area contributed by atoms with Crippen molar-refractivity contribution >= 4 is 29.9 Å². The average Bonchev–Trinajstić information content (AvgIpc) is 2.49. The molecule has 2 rings (SSSR count). The molecule has 0 aliphatic heterocycles. The van der Waals surface area contributed by atoms with Crippen molar-refractivity contribution in [1.29, 1.82) is 0 Å². The van der Waals surface area contributed by atoms with Crippen LogP contribution in [0.1, 0.15) is 56.8 Å². The van der Waals surface area contributed by atoms with E-state index >= 15 is 0 Å². The van der Waals surface area contributed by atoms with Crippen molar-refractivity contribution in [2.45, 2.75) is 58.5 Å². The largest absolute Gasteiger partial charge is 0.349 e. The minimum atomic E-state index is -0.511. The van der Waals surface area contributed by atoms with Crippen molar-refractivity contribution in [3.05, 3.63) is 29.8 Å². The third-order valence-corrected chi connectivity index (χ3v) is 4.21. The van der Waals surface area contributed by atoms with Crippen molar-refractivity contribution < 1.29 is 9.59 Å². The van der Waals surface area contributed by atoms with Gasteiger partial charge in [0, 0.05) is 17.5 Å². The van der Waals surface area contributed by atoms with Crippen LogP contribution in [0, 0.1) is 5.41 Å². The van der Waals surface area contributed by atoms with Crippen LogP contribution < -0.4 is 16.4 Å². The zero-order chi connectivity index (χ0) is 17.0. The van der Waals surface area contributed by atoms with Crippen LogP contribution >= 0.6 is 12.4 Å². The maximum absolute atomic E-state index is 12.6. The molecular weight excluding hydrogens is 326 g/mol. The second kappa shape index (κ2) is 8.49. The number of nitrogens with two attached hydrogens (primary N) is 1. The van der Waals surface area contributed by atoms with Crippen molar-refractivity contribution in [2.75, 3.05) is 5.32 Å². The fourth-order valence-corrected chi connectivity index (χ4v) is 2.63. The summed E-state index contributed by atoms with van der Waals surface area (Å²) in [5.41, 5.74) is 6.44. The number of hydrogen-bond acceptors (Lipinski definition) is 3. The van der Waals surface area contributed by atoms with E-state index in [0.717, 1.165) is 25.7 Å². The molecule has 2 amide bonds. The SMILES string of the molecule is CC(C)(C)C(=O)Nc1ccccc1C(=O)NC1CCC(N)CC1.Cl. The lowest BCUT2D eigenvalue weighted by molar-refractivity contribution is -0.123. The quantitative estimate of drug-likeness (QED) is 0.780. The highest BCUT2D eigenvalue weighted by Gasteiger charge is 2.24. The predicted molar refractivity (Wildman–Crippen MR) is 99.5 cm³/mol. The number of hydrogen-bond donors (Lipinski definition) is 3. The molecule has 0 bridgehead atoms. The molecular formula is C18H28ClN3O2. The van der Waals surface area contributed by atoms with Gasteiger partial charge in [-0.2, -0.15) is 0 Å². The number of nitrogens with one attached hydrogen (secondary N) is 2. The third-order valence-electron chi connectivity index (χ3n) is 4.21. The molecule has 0 heterocycles. The van der Waals surface area contributed by atoms with Gasteiger partial charge < -0.3 is 16.4 Å². The molecule has 0 spiro atoms. The number of rotatable bonds is 3. The molecule has 1 saturated carbocycles. The molecule has 24 heavy (non-hydrogen) atoms. The fourth-order valence-electron chi connectivity index (χ4n) is 2.63. The summed E-state index contributed by atoms with van der Waals surface area (Å²) in [4.78, 5) is 24.7. The molecule has 0 unspecified atom stereocenters. The Labute approximate surface area is 150 Å². The predicted octanol–water partition coefficient (Wildman–Crippen LogP) is 3.09. The van der Waals surface area contributed by atoms with E-state index in [9.17, 15) is 9.59 Å². The zero-order valence-corrected chi connectivity index (χ0v) is 15.4. The fraction of sp³-hybridized carbons (Fsp3) is 0.556. The zero-order valence-electron chi connectivity index (χ0n) is 14.6. The van der Waals surface area contributed by atoms with E-state index in [1.165, 1.54) is 0 Å². The summed E-state index contributed by atoms with van der Waals surface area (Å²) in [5.74, 6) is -0.253. The summed E-state index contributed by atoms with van der Waals surface area (Å²) >= 11 is 0. The highest BCUT2D eigenvalue weighted by molar-refractivity contribution is 6.04. The second-order valence-corrected chi connectivity index (χ2v) is 7.33. The van der Waals surface area contributed by atoms with Gasteiger partial charge in [-0.05, 0) is 37.8 Å². The Morgan fingerprint density at radius 3 is 2.25 bits per heavy atom. The molecule has 1 aliphatic carbocycles. The molecule has 0 radical (unpaired) electrons. The van der Waals surface area contributed by atoms with Gasteiger partial charge in [0.15, 0.2) is 0 Å². The van der Waals surface area contributed by atoms with Crippen molar-refractivity contribution in [3.8, 4) is 0 Å². The van der Waals surface area contributed by atoms with E-state index in [2.05, 4.69) is 10.6 Å². The number of halogens is 1. The number of anilines is 1. The Balaban J connectivity index is 0.00000288. The van der Waals surface area contributed by atoms with Crippen molar-refractivity contribution in [1.82, 2.24) is 5.32 Å². The molecule has 4 N–H and O–H groups in total. The van der Waals surface area contributed by atoms with Gasteiger partial charge >= 0.3 is 0 Å². The first-order valence-electron chi connectivity index (χ1n) is 8.24. The number of amides is 2. The van der Waals surface area contributed by atoms with Crippen LogP contribution in [0.15, 0.2) is 24.3 Å². The molecule has 5 nitrogen and oxygen atoms in total. The maximum Gasteiger partial charge on any atom is 0.253 e. The van der Waals surface area contributed by atoms with Gasteiger partial charge in [-0.3, -0.25) is 9.59 Å². The lowest BCUT2D eigenvalue weighted by atomic mass is 9.91. The number of para-hydroxylation sites is 1. The molecule has 1 aromatic rings. The highest BCUT2D eigenvalue weighted by Crippen LogP contribution is 2.22. The molecule has 1 aliphatic rings. The lowest BCUT2D eigenvalue weighted by Gasteiger charge is -2.27. The van der Waals surface area contributed by atoms with Crippen molar-refractivity contribution in [3.63, 3.8) is 0 Å². The van der Waals surface area contributed by atoms with E-state index in [1.807, 2.05) is 26.8 Å². The van der Waals surface area contributed by atoms with E-state index in [1.54, 1.807) is 18.2 Å². The molecule has 0 saturated heterocycles. The number of benzene rings is 1. The van der Waals surface area contributed by atoms with E-state index in [4.69, 9.17) is 5.73 Å². The van der Waals surface area contributed by atoms with Crippen molar-refractivity contribution in [2.24, 2.45) is 11.1 Å². The minimum absolute atomic E-state index is 0. The van der Waals surface area contributed by atoms with Crippen LogP contribution in [-0.2, 0) is 4.79 Å². The van der Waals surface area contributed by atoms with Gasteiger partial charge in [0.1, 0.15) is 0 Å². The summed E-state index contributed by atoms with van der Waals surface area (Å²) < 4.78 is 0. The van der Waals surface area contributed by atoms with Crippen LogP contribution in [0.5, 0.6) is 0 Å². The average molecular weight is 354 g/mol. The first kappa shape index (κ1) is 20.5. The molecule has 0 aromatic heterocycles. The van der Waals surface area contributed by atoms with Crippen LogP contribution in [-0.4, -0.2) is 23.9 Å². The van der Waals surface area contributed by atoms with Gasteiger partial charge in [0.25, 0.3) is 5.91 Å². The van der Waals surface area contributed by atoms with Crippen LogP contribution in [0.25, 0.3) is 0 Å². The first-order valence-corrected chi connectivity index (χ1v) is 8.24. The summed E-state index contributed by atoms with van der Waals surface area (Å²) in [5, 5.41) is 5.92. The molecule has 134 valence electrons. The normalized spacial score (nSPS) is 20.7. The molecule has 1 aromatic carbocycles. The van der Waals surface area contributed by atoms with E-state index in [0.29, 0.717) is 11.3 Å². The van der Waals surface area contributed by atoms with E-state index < -0.39 is 5.41 Å². The topological polar surface area (TPSA) is 84.2 Å². The first-order chi connectivity index (χ1) is 10.8. The summed E-state index contributed by atoms with van der Waals surface area (Å²) in [6.45, 7) is 5.53. The summed E-state index contributed by atoms with van der Waals surface area (Å²) in [6, 6.07) is 7.53. The summed E-state index contributed by atoms with van der Waals surface area (Å²) in [7, 11) is 0. The van der Waals surface area contributed by atoms with Crippen LogP contribution in [0.4, 0.5) is 5.69 Å². The Hall–Kier alpha value is -1.59. The Morgan fingerprint density at radius 2 is 1.67 bits per heavy atom. The third kappa shape index (κ3) is 5.49. The second-order valence-electron chi connectivity index (χ2n) is 7.33. The molecule has 6 heteroatoms. The standard InChI is InChI=1S/C18H27N3O2.ClH/c1-18(2,3)17(23)21-15-7-5-4-6-14(15)16(22)20-13-10-8-12(19)9-11-13;/h4-7,12-13H,8-11,19H2,1-3H3,(H,20,22)(H,21,23);1H. The van der Waals surface area contributed by atoms with E-state index in [-0.39, 0.29) is 36.3 Å². The minimum Gasteiger partial charge on any atom is -0.349 e. The number of carbonyl (C=O) groups excluding carboxylic acids is 2. The lowest BCUT2D eigenvalue weighted by Crippen LogP contribution is -2.40. The van der Waals surface area contributed by atoms with Gasteiger partial charge in [0.2, 0.25) is 5.91 Å². The monoisotopic (exact) mass is 353 g/mol. The Kier molecular flexibility index (Phi) is 7.24. The molecule has 0 atom stereocenters. The van der Waals surface area contributed by atoms with Gasteiger partial charge in [-0.15, -0.1) is 12.4 Å². The van der Waals surface area contributed by atoms with Crippen LogP contribution in [0.3, 0.4) is 0 Å². The van der Waals surface area contributed by atoms with Gasteiger partial charge in [-0.1, -0.05) is 32.9 Å². The molecule has 1 fully saturated rings. The summed E-state index contributed by atoms with van der Waals surface area (Å²) in [6.07, 6.45) is 3.69. The van der Waals surface area contributed by atoms with Crippen LogP contribution in [0.2, 0.25) is 0 Å². The highest BCUT2D eigenvalue weighted by atomic mass is 35.5. The maximum atomic E-state index is 12.6. The van der Waals surface area contributed by atoms with Gasteiger partial charge in [0.05, 0.1) is 11.3 Å². The smallest absolute Gasteiger partial charge is 0.253 e. The Bertz CT molecular complexity index is 576. The number of carbonyl (C=O) groups is 2. The van der Waals surface area contributed by atoms with Gasteiger partial charge in [-0.25, -0.2) is 0 Å². The Morgan fingerprint density at radius 1 is 1.08 bits per heavy atom.